The van der Waals surface area contributed by atoms with Crippen molar-refractivity contribution in [3.05, 3.63) is 47.8 Å². The number of methoxy groups -OCH3 is 1. The lowest BCUT2D eigenvalue weighted by atomic mass is 10.1. The first-order valence-corrected chi connectivity index (χ1v) is 8.10. The van der Waals surface area contributed by atoms with Crippen molar-refractivity contribution in [3.8, 4) is 11.5 Å². The molecular weight excluding hydrogens is 338 g/mol. The first-order valence-electron chi connectivity index (χ1n) is 8.10. The van der Waals surface area contributed by atoms with Crippen molar-refractivity contribution < 1.29 is 23.8 Å². The van der Waals surface area contributed by atoms with Crippen molar-refractivity contribution in [2.75, 3.05) is 32.4 Å². The fourth-order valence-electron chi connectivity index (χ4n) is 2.39. The molecule has 0 unspecified atom stereocenters. The maximum atomic E-state index is 12.4. The van der Waals surface area contributed by atoms with Gasteiger partial charge in [-0.3, -0.25) is 14.6 Å². The SMILES string of the molecule is COCCCNC(=O)c1cncc(C(=O)Nc2ccc3c(c2)OCO3)c1. The van der Waals surface area contributed by atoms with Gasteiger partial charge in [-0.05, 0) is 24.6 Å². The minimum atomic E-state index is -0.370. The molecule has 1 aromatic carbocycles. The Morgan fingerprint density at radius 1 is 1.12 bits per heavy atom. The Labute approximate surface area is 150 Å². The molecule has 1 aliphatic rings. The van der Waals surface area contributed by atoms with Crippen LogP contribution in [0.4, 0.5) is 5.69 Å². The molecule has 0 bridgehead atoms. The number of amides is 2. The van der Waals surface area contributed by atoms with E-state index in [2.05, 4.69) is 15.6 Å². The number of benzene rings is 1. The number of hydrogen-bond acceptors (Lipinski definition) is 6. The van der Waals surface area contributed by atoms with Crippen molar-refractivity contribution in [2.24, 2.45) is 0 Å². The fraction of sp³-hybridized carbons (Fsp3) is 0.278. The highest BCUT2D eigenvalue weighted by atomic mass is 16.7. The van der Waals surface area contributed by atoms with E-state index in [1.807, 2.05) is 0 Å². The normalized spacial score (nSPS) is 11.9. The molecule has 0 fully saturated rings. The molecule has 0 saturated heterocycles. The van der Waals surface area contributed by atoms with Crippen LogP contribution >= 0.6 is 0 Å². The average Bonchev–Trinajstić information content (AvgIpc) is 3.13. The van der Waals surface area contributed by atoms with E-state index in [-0.39, 0.29) is 24.2 Å². The smallest absolute Gasteiger partial charge is 0.257 e. The second-order valence-corrected chi connectivity index (χ2v) is 5.59. The van der Waals surface area contributed by atoms with Crippen LogP contribution in [0, 0.1) is 0 Å². The van der Waals surface area contributed by atoms with E-state index in [0.29, 0.717) is 42.3 Å². The molecule has 26 heavy (non-hydrogen) atoms. The molecular formula is C18H19N3O5. The third-order valence-corrected chi connectivity index (χ3v) is 3.70. The highest BCUT2D eigenvalue weighted by molar-refractivity contribution is 6.06. The van der Waals surface area contributed by atoms with Crippen LogP contribution in [0.2, 0.25) is 0 Å². The van der Waals surface area contributed by atoms with Crippen LogP contribution in [0.3, 0.4) is 0 Å². The summed E-state index contributed by atoms with van der Waals surface area (Å²) in [6.07, 6.45) is 3.53. The van der Waals surface area contributed by atoms with E-state index < -0.39 is 0 Å². The fourth-order valence-corrected chi connectivity index (χ4v) is 2.39. The Morgan fingerprint density at radius 3 is 2.69 bits per heavy atom. The Bertz CT molecular complexity index is 809. The molecule has 8 heteroatoms. The van der Waals surface area contributed by atoms with Gasteiger partial charge in [-0.1, -0.05) is 0 Å². The molecule has 8 nitrogen and oxygen atoms in total. The van der Waals surface area contributed by atoms with Gasteiger partial charge in [-0.15, -0.1) is 0 Å². The first-order chi connectivity index (χ1) is 12.7. The number of aromatic nitrogens is 1. The number of hydrogen-bond donors (Lipinski definition) is 2. The van der Waals surface area contributed by atoms with E-state index in [4.69, 9.17) is 14.2 Å². The third kappa shape index (κ3) is 4.28. The Balaban J connectivity index is 1.63. The average molecular weight is 357 g/mol. The van der Waals surface area contributed by atoms with Gasteiger partial charge in [-0.2, -0.15) is 0 Å². The lowest BCUT2D eigenvalue weighted by Gasteiger charge is -2.08. The summed E-state index contributed by atoms with van der Waals surface area (Å²) in [6, 6.07) is 6.62. The molecule has 136 valence electrons. The molecule has 0 radical (unpaired) electrons. The quantitative estimate of drug-likeness (QED) is 0.734. The molecule has 0 spiro atoms. The van der Waals surface area contributed by atoms with Gasteiger partial charge < -0.3 is 24.8 Å². The minimum Gasteiger partial charge on any atom is -0.454 e. The number of pyridine rings is 1. The summed E-state index contributed by atoms with van der Waals surface area (Å²) in [7, 11) is 1.61. The molecule has 3 rings (SSSR count). The lowest BCUT2D eigenvalue weighted by molar-refractivity contribution is 0.0948. The molecule has 2 N–H and O–H groups in total. The van der Waals surface area contributed by atoms with Gasteiger partial charge in [0.1, 0.15) is 0 Å². The van der Waals surface area contributed by atoms with Crippen LogP contribution in [0.5, 0.6) is 11.5 Å². The van der Waals surface area contributed by atoms with Crippen LogP contribution in [0.25, 0.3) is 0 Å². The second-order valence-electron chi connectivity index (χ2n) is 5.59. The zero-order chi connectivity index (χ0) is 18.4. The summed E-state index contributed by atoms with van der Waals surface area (Å²) in [5, 5.41) is 5.51. The van der Waals surface area contributed by atoms with Gasteiger partial charge >= 0.3 is 0 Å². The van der Waals surface area contributed by atoms with Crippen LogP contribution in [-0.4, -0.2) is 43.9 Å². The van der Waals surface area contributed by atoms with Gasteiger partial charge in [0.2, 0.25) is 6.79 Å². The molecule has 0 saturated carbocycles. The molecule has 2 amide bonds. The van der Waals surface area contributed by atoms with Crippen molar-refractivity contribution in [1.82, 2.24) is 10.3 Å². The van der Waals surface area contributed by atoms with Gasteiger partial charge in [0.05, 0.1) is 11.1 Å². The van der Waals surface area contributed by atoms with Crippen LogP contribution < -0.4 is 20.1 Å². The maximum absolute atomic E-state index is 12.4. The number of carbonyl (C=O) groups excluding carboxylic acids is 2. The van der Waals surface area contributed by atoms with Crippen LogP contribution in [-0.2, 0) is 4.74 Å². The van der Waals surface area contributed by atoms with Crippen molar-refractivity contribution >= 4 is 17.5 Å². The summed E-state index contributed by atoms with van der Waals surface area (Å²) in [4.78, 5) is 28.5. The zero-order valence-corrected chi connectivity index (χ0v) is 14.3. The van der Waals surface area contributed by atoms with E-state index in [1.165, 1.54) is 18.5 Å². The number of anilines is 1. The van der Waals surface area contributed by atoms with E-state index >= 15 is 0 Å². The van der Waals surface area contributed by atoms with Gasteiger partial charge in [0.15, 0.2) is 11.5 Å². The highest BCUT2D eigenvalue weighted by Crippen LogP contribution is 2.34. The predicted molar refractivity (Wildman–Crippen MR) is 93.6 cm³/mol. The van der Waals surface area contributed by atoms with Gasteiger partial charge in [0.25, 0.3) is 11.8 Å². The van der Waals surface area contributed by atoms with Crippen LogP contribution in [0.15, 0.2) is 36.7 Å². The largest absolute Gasteiger partial charge is 0.454 e. The summed E-state index contributed by atoms with van der Waals surface area (Å²) in [5.74, 6) is 0.554. The number of nitrogens with zero attached hydrogens (tertiary/aromatic N) is 1. The first kappa shape index (κ1) is 17.7. The summed E-state index contributed by atoms with van der Waals surface area (Å²) in [5.41, 5.74) is 1.17. The van der Waals surface area contributed by atoms with Crippen molar-refractivity contribution in [3.63, 3.8) is 0 Å². The zero-order valence-electron chi connectivity index (χ0n) is 14.3. The number of nitrogens with one attached hydrogen (secondary N) is 2. The third-order valence-electron chi connectivity index (χ3n) is 3.70. The van der Waals surface area contributed by atoms with Crippen LogP contribution in [0.1, 0.15) is 27.1 Å². The van der Waals surface area contributed by atoms with Crippen molar-refractivity contribution in [2.45, 2.75) is 6.42 Å². The van der Waals surface area contributed by atoms with E-state index in [1.54, 1.807) is 25.3 Å². The summed E-state index contributed by atoms with van der Waals surface area (Å²) < 4.78 is 15.5. The Hall–Kier alpha value is -3.13. The van der Waals surface area contributed by atoms with Crippen molar-refractivity contribution in [1.29, 1.82) is 0 Å². The van der Waals surface area contributed by atoms with Gasteiger partial charge in [0, 0.05) is 44.4 Å². The second kappa shape index (κ2) is 8.30. The Kier molecular flexibility index (Phi) is 5.65. The number of ether oxygens (including phenoxy) is 3. The molecule has 0 atom stereocenters. The highest BCUT2D eigenvalue weighted by Gasteiger charge is 2.15. The predicted octanol–water partition coefficient (Wildman–Crippen LogP) is 1.83. The lowest BCUT2D eigenvalue weighted by Crippen LogP contribution is -2.25. The number of rotatable bonds is 7. The minimum absolute atomic E-state index is 0.165. The molecule has 2 aromatic rings. The molecule has 1 aromatic heterocycles. The molecule has 1 aliphatic heterocycles. The van der Waals surface area contributed by atoms with Gasteiger partial charge in [-0.25, -0.2) is 0 Å². The standard InChI is InChI=1S/C18H19N3O5/c1-24-6-2-5-20-17(22)12-7-13(10-19-9-12)18(23)21-14-3-4-15-16(8-14)26-11-25-15/h3-4,7-10H,2,5-6,11H2,1H3,(H,20,22)(H,21,23). The number of fused-ring (bicyclic) bond motifs is 1. The molecule has 2 heterocycles. The summed E-state index contributed by atoms with van der Waals surface area (Å²) in [6.45, 7) is 1.22. The summed E-state index contributed by atoms with van der Waals surface area (Å²) >= 11 is 0. The number of carbonyl (C=O) groups is 2. The Morgan fingerprint density at radius 2 is 1.88 bits per heavy atom. The van der Waals surface area contributed by atoms with E-state index in [0.717, 1.165) is 0 Å². The molecule has 0 aliphatic carbocycles. The monoisotopic (exact) mass is 357 g/mol. The topological polar surface area (TPSA) is 98.8 Å². The maximum Gasteiger partial charge on any atom is 0.257 e. The van der Waals surface area contributed by atoms with E-state index in [9.17, 15) is 9.59 Å².